The van der Waals surface area contributed by atoms with Crippen molar-refractivity contribution in [2.75, 3.05) is 13.1 Å². The lowest BCUT2D eigenvalue weighted by molar-refractivity contribution is -0.158. The first-order valence-electron chi connectivity index (χ1n) is 6.38. The highest BCUT2D eigenvalue weighted by molar-refractivity contribution is 5.80. The zero-order valence-corrected chi connectivity index (χ0v) is 10.2. The van der Waals surface area contributed by atoms with E-state index in [4.69, 9.17) is 10.2 Å². The largest absolute Gasteiger partial charge is 0.481 e. The van der Waals surface area contributed by atoms with Gasteiger partial charge < -0.3 is 15.3 Å². The molecule has 4 atom stereocenters. The van der Waals surface area contributed by atoms with E-state index in [-0.39, 0.29) is 12.6 Å². The molecule has 2 rings (SSSR count). The van der Waals surface area contributed by atoms with Crippen molar-refractivity contribution in [3.8, 4) is 0 Å². The van der Waals surface area contributed by atoms with E-state index >= 15 is 0 Å². The molecule has 0 bridgehead atoms. The zero-order chi connectivity index (χ0) is 13.3. The van der Waals surface area contributed by atoms with Crippen LogP contribution in [-0.4, -0.2) is 57.4 Å². The number of piperidine rings is 1. The molecule has 1 aliphatic carbocycles. The normalized spacial score (nSPS) is 37.6. The molecule has 4 unspecified atom stereocenters. The van der Waals surface area contributed by atoms with Crippen molar-refractivity contribution in [2.24, 2.45) is 11.8 Å². The van der Waals surface area contributed by atoms with Crippen molar-refractivity contribution in [3.63, 3.8) is 0 Å². The van der Waals surface area contributed by atoms with Crippen molar-refractivity contribution in [1.29, 1.82) is 0 Å². The Balaban J connectivity index is 2.06. The Bertz CT molecular complexity index is 345. The van der Waals surface area contributed by atoms with E-state index in [1.165, 1.54) is 0 Å². The molecule has 0 amide bonds. The van der Waals surface area contributed by atoms with Crippen LogP contribution in [0.25, 0.3) is 0 Å². The quantitative estimate of drug-likeness (QED) is 0.658. The first-order valence-corrected chi connectivity index (χ1v) is 6.38. The summed E-state index contributed by atoms with van der Waals surface area (Å²) in [6.45, 7) is 0.788. The van der Waals surface area contributed by atoms with E-state index in [1.54, 1.807) is 0 Å². The average Bonchev–Trinajstić information content (AvgIpc) is 2.74. The van der Waals surface area contributed by atoms with Crippen molar-refractivity contribution >= 4 is 11.9 Å². The van der Waals surface area contributed by atoms with Crippen LogP contribution < -0.4 is 0 Å². The molecule has 2 fully saturated rings. The van der Waals surface area contributed by atoms with Crippen LogP contribution in [0.3, 0.4) is 0 Å². The number of carbonyl (C=O) groups is 2. The number of hydrogen-bond donors (Lipinski definition) is 3. The van der Waals surface area contributed by atoms with E-state index in [1.807, 2.05) is 4.90 Å². The van der Waals surface area contributed by atoms with Crippen molar-refractivity contribution in [1.82, 2.24) is 4.90 Å². The first kappa shape index (κ1) is 13.3. The summed E-state index contributed by atoms with van der Waals surface area (Å²) in [5.41, 5.74) is 0. The fourth-order valence-corrected chi connectivity index (χ4v) is 3.17. The second kappa shape index (κ2) is 5.24. The number of aliphatic hydroxyl groups excluding tert-OH is 1. The highest BCUT2D eigenvalue weighted by Gasteiger charge is 2.42. The Kier molecular flexibility index (Phi) is 3.87. The van der Waals surface area contributed by atoms with Crippen molar-refractivity contribution in [2.45, 2.75) is 37.8 Å². The van der Waals surface area contributed by atoms with Gasteiger partial charge in [0.25, 0.3) is 0 Å². The van der Waals surface area contributed by atoms with Crippen LogP contribution in [0.1, 0.15) is 25.7 Å². The number of nitrogens with zero attached hydrogens (tertiary/aromatic N) is 1. The molecular formula is C12H19NO5. The second-order valence-electron chi connectivity index (χ2n) is 5.24. The summed E-state index contributed by atoms with van der Waals surface area (Å²) in [5.74, 6) is -3.77. The highest BCUT2D eigenvalue weighted by Crippen LogP contribution is 2.31. The van der Waals surface area contributed by atoms with Gasteiger partial charge in [0.15, 0.2) is 0 Å². The lowest BCUT2D eigenvalue weighted by Crippen LogP contribution is -2.52. The lowest BCUT2D eigenvalue weighted by Gasteiger charge is -2.39. The molecule has 0 radical (unpaired) electrons. The Morgan fingerprint density at radius 2 is 1.67 bits per heavy atom. The number of likely N-dealkylation sites (tertiary alicyclic amines) is 1. The van der Waals surface area contributed by atoms with Crippen LogP contribution >= 0.6 is 0 Å². The summed E-state index contributed by atoms with van der Waals surface area (Å²) in [6, 6.07) is 0.00148. The minimum absolute atomic E-state index is 0.00148. The summed E-state index contributed by atoms with van der Waals surface area (Å²) in [6.07, 6.45) is 2.51. The molecule has 2 aliphatic rings. The van der Waals surface area contributed by atoms with Crippen LogP contribution in [0.4, 0.5) is 0 Å². The molecular weight excluding hydrogens is 238 g/mol. The molecule has 6 nitrogen and oxygen atoms in total. The van der Waals surface area contributed by atoms with Gasteiger partial charge in [-0.3, -0.25) is 14.5 Å². The predicted molar refractivity (Wildman–Crippen MR) is 62.1 cm³/mol. The number of carboxylic acid groups (broad SMARTS) is 2. The summed E-state index contributed by atoms with van der Waals surface area (Å²) < 4.78 is 0. The maximum Gasteiger partial charge on any atom is 0.308 e. The van der Waals surface area contributed by atoms with E-state index < -0.39 is 29.9 Å². The summed E-state index contributed by atoms with van der Waals surface area (Å²) >= 11 is 0. The van der Waals surface area contributed by atoms with Gasteiger partial charge >= 0.3 is 11.9 Å². The number of aliphatic carboxylic acids is 2. The molecule has 0 spiro atoms. The minimum atomic E-state index is -1.06. The molecule has 3 N–H and O–H groups in total. The third kappa shape index (κ3) is 2.49. The monoisotopic (exact) mass is 257 g/mol. The van der Waals surface area contributed by atoms with Gasteiger partial charge in [-0.1, -0.05) is 0 Å². The SMILES string of the molecule is O=C(O)C1CCN(C2CCCC2O)CC1C(=O)O. The third-order valence-electron chi connectivity index (χ3n) is 4.19. The van der Waals surface area contributed by atoms with Gasteiger partial charge in [-0.15, -0.1) is 0 Å². The Labute approximate surface area is 105 Å². The summed E-state index contributed by atoms with van der Waals surface area (Å²) in [4.78, 5) is 24.1. The van der Waals surface area contributed by atoms with Gasteiger partial charge in [-0.25, -0.2) is 0 Å². The molecule has 0 aromatic heterocycles. The standard InChI is InChI=1S/C12H19NO5/c14-10-3-1-2-9(10)13-5-4-7(11(15)16)8(6-13)12(17)18/h7-10,14H,1-6H2,(H,15,16)(H,17,18). The Morgan fingerprint density at radius 1 is 1.00 bits per heavy atom. The molecule has 0 aromatic rings. The van der Waals surface area contributed by atoms with Gasteiger partial charge in [0, 0.05) is 12.6 Å². The molecule has 1 saturated heterocycles. The van der Waals surface area contributed by atoms with Gasteiger partial charge in [0.2, 0.25) is 0 Å². The van der Waals surface area contributed by atoms with Crippen molar-refractivity contribution < 1.29 is 24.9 Å². The fraction of sp³-hybridized carbons (Fsp3) is 0.833. The first-order chi connectivity index (χ1) is 8.50. The fourth-order valence-electron chi connectivity index (χ4n) is 3.17. The topological polar surface area (TPSA) is 98.1 Å². The number of rotatable bonds is 3. The second-order valence-corrected chi connectivity index (χ2v) is 5.24. The number of aliphatic hydroxyl groups is 1. The minimum Gasteiger partial charge on any atom is -0.481 e. The van der Waals surface area contributed by atoms with Gasteiger partial charge in [0.1, 0.15) is 0 Å². The van der Waals surface area contributed by atoms with Crippen LogP contribution in [0.5, 0.6) is 0 Å². The zero-order valence-electron chi connectivity index (χ0n) is 10.2. The number of carboxylic acids is 2. The lowest BCUT2D eigenvalue weighted by atomic mass is 9.84. The highest BCUT2D eigenvalue weighted by atomic mass is 16.4. The van der Waals surface area contributed by atoms with Gasteiger partial charge in [-0.05, 0) is 32.2 Å². The van der Waals surface area contributed by atoms with Crippen LogP contribution in [-0.2, 0) is 9.59 Å². The van der Waals surface area contributed by atoms with Crippen molar-refractivity contribution in [3.05, 3.63) is 0 Å². The summed E-state index contributed by atoms with van der Waals surface area (Å²) in [5, 5.41) is 28.0. The van der Waals surface area contributed by atoms with Crippen LogP contribution in [0, 0.1) is 11.8 Å². The maximum absolute atomic E-state index is 11.2. The van der Waals surface area contributed by atoms with Crippen LogP contribution in [0.15, 0.2) is 0 Å². The molecule has 18 heavy (non-hydrogen) atoms. The smallest absolute Gasteiger partial charge is 0.308 e. The molecule has 1 saturated carbocycles. The maximum atomic E-state index is 11.2. The summed E-state index contributed by atoms with van der Waals surface area (Å²) in [7, 11) is 0. The number of hydrogen-bond acceptors (Lipinski definition) is 4. The average molecular weight is 257 g/mol. The van der Waals surface area contributed by atoms with E-state index in [0.29, 0.717) is 13.0 Å². The van der Waals surface area contributed by atoms with E-state index in [9.17, 15) is 14.7 Å². The Morgan fingerprint density at radius 3 is 2.17 bits per heavy atom. The van der Waals surface area contributed by atoms with Gasteiger partial charge in [-0.2, -0.15) is 0 Å². The molecule has 1 heterocycles. The van der Waals surface area contributed by atoms with E-state index in [0.717, 1.165) is 19.3 Å². The molecule has 0 aromatic carbocycles. The predicted octanol–water partition coefficient (Wildman–Crippen LogP) is 0.00710. The Hall–Kier alpha value is -1.14. The molecule has 102 valence electrons. The van der Waals surface area contributed by atoms with E-state index in [2.05, 4.69) is 0 Å². The van der Waals surface area contributed by atoms with Gasteiger partial charge in [0.05, 0.1) is 17.9 Å². The third-order valence-corrected chi connectivity index (χ3v) is 4.19. The molecule has 1 aliphatic heterocycles. The molecule has 6 heteroatoms. The van der Waals surface area contributed by atoms with Crippen LogP contribution in [0.2, 0.25) is 0 Å².